The summed E-state index contributed by atoms with van der Waals surface area (Å²) in [5.41, 5.74) is 3.65. The molecule has 0 saturated heterocycles. The molecule has 2 heterocycles. The number of pyridine rings is 1. The first kappa shape index (κ1) is 26.4. The first-order valence-electron chi connectivity index (χ1n) is 11.1. The maximum Gasteiger partial charge on any atom is 0.332 e. The smallest absolute Gasteiger partial charge is 0.332 e. The lowest BCUT2D eigenvalue weighted by atomic mass is 9.97. The molecule has 9 nitrogen and oxygen atoms in total. The second-order valence-corrected chi connectivity index (χ2v) is 8.50. The Morgan fingerprint density at radius 1 is 1.26 bits per heavy atom. The fraction of sp³-hybridized carbons (Fsp3) is 0.360. The van der Waals surface area contributed by atoms with Crippen molar-refractivity contribution in [3.8, 4) is 5.82 Å². The van der Waals surface area contributed by atoms with Gasteiger partial charge in [-0.05, 0) is 48.6 Å². The molecular formula is C25H30N4O5S. The van der Waals surface area contributed by atoms with E-state index in [0.717, 1.165) is 33.8 Å². The molecule has 35 heavy (non-hydrogen) atoms. The summed E-state index contributed by atoms with van der Waals surface area (Å²) in [5.74, 6) is 0.336. The second-order valence-electron chi connectivity index (χ2n) is 7.65. The average Bonchev–Trinajstić information content (AvgIpc) is 3.37. The van der Waals surface area contributed by atoms with E-state index in [1.807, 2.05) is 42.8 Å². The largest absolute Gasteiger partial charge is 0.464 e. The zero-order valence-electron chi connectivity index (χ0n) is 20.3. The third kappa shape index (κ3) is 6.91. The Morgan fingerprint density at radius 3 is 2.74 bits per heavy atom. The minimum Gasteiger partial charge on any atom is -0.464 e. The molecule has 0 aliphatic rings. The quantitative estimate of drug-likeness (QED) is 0.152. The van der Waals surface area contributed by atoms with E-state index in [0.29, 0.717) is 12.4 Å². The third-order valence-corrected chi connectivity index (χ3v) is 6.07. The molecule has 186 valence electrons. The summed E-state index contributed by atoms with van der Waals surface area (Å²) in [4.78, 5) is 29.8. The van der Waals surface area contributed by atoms with Gasteiger partial charge < -0.3 is 14.2 Å². The van der Waals surface area contributed by atoms with Crippen LogP contribution in [-0.4, -0.2) is 60.5 Å². The number of hydrogen-bond acceptors (Lipinski definition) is 8. The lowest BCUT2D eigenvalue weighted by Crippen LogP contribution is -2.24. The second kappa shape index (κ2) is 13.0. The molecule has 0 N–H and O–H groups in total. The molecule has 0 fully saturated rings. The molecule has 2 aromatic heterocycles. The van der Waals surface area contributed by atoms with Gasteiger partial charge in [0.15, 0.2) is 5.82 Å². The molecule has 1 amide bonds. The summed E-state index contributed by atoms with van der Waals surface area (Å²) in [7, 11) is 1.56. The van der Waals surface area contributed by atoms with Crippen LogP contribution < -0.4 is 4.90 Å². The maximum atomic E-state index is 11.5. The molecule has 1 unspecified atom stereocenters. The SMILES string of the molecule is CCOC(=O)COCc1ccc(-n2ccc(C(C)c3ccc(N(C=O)COC)c(SC)c3)n2)nc1. The number of hydrogen-bond donors (Lipinski definition) is 0. The summed E-state index contributed by atoms with van der Waals surface area (Å²) in [6, 6.07) is 11.7. The zero-order valence-corrected chi connectivity index (χ0v) is 21.2. The Morgan fingerprint density at radius 2 is 2.09 bits per heavy atom. The van der Waals surface area contributed by atoms with Crippen LogP contribution in [-0.2, 0) is 30.4 Å². The topological polar surface area (TPSA) is 95.8 Å². The van der Waals surface area contributed by atoms with Crippen LogP contribution in [0, 0.1) is 0 Å². The van der Waals surface area contributed by atoms with Gasteiger partial charge in [0.25, 0.3) is 0 Å². The molecule has 0 saturated carbocycles. The summed E-state index contributed by atoms with van der Waals surface area (Å²) in [5, 5.41) is 4.72. The molecule has 0 radical (unpaired) electrons. The number of thioether (sulfide) groups is 1. The van der Waals surface area contributed by atoms with E-state index in [4.69, 9.17) is 19.3 Å². The van der Waals surface area contributed by atoms with Crippen molar-refractivity contribution in [3.63, 3.8) is 0 Å². The summed E-state index contributed by atoms with van der Waals surface area (Å²) in [6.45, 7) is 4.56. The molecule has 0 spiro atoms. The van der Waals surface area contributed by atoms with Crippen molar-refractivity contribution < 1.29 is 23.8 Å². The summed E-state index contributed by atoms with van der Waals surface area (Å²) < 4.78 is 17.1. The van der Waals surface area contributed by atoms with Crippen molar-refractivity contribution in [2.24, 2.45) is 0 Å². The van der Waals surface area contributed by atoms with Gasteiger partial charge in [0.2, 0.25) is 6.41 Å². The van der Waals surface area contributed by atoms with Gasteiger partial charge in [-0.25, -0.2) is 14.5 Å². The third-order valence-electron chi connectivity index (χ3n) is 5.30. The van der Waals surface area contributed by atoms with E-state index in [1.165, 1.54) is 4.90 Å². The predicted octanol–water partition coefficient (Wildman–Crippen LogP) is 3.79. The molecule has 3 rings (SSSR count). The minimum atomic E-state index is -0.384. The van der Waals surface area contributed by atoms with Crippen molar-refractivity contribution >= 4 is 29.8 Å². The van der Waals surface area contributed by atoms with Gasteiger partial charge in [-0.1, -0.05) is 19.1 Å². The van der Waals surface area contributed by atoms with E-state index in [-0.39, 0.29) is 31.8 Å². The lowest BCUT2D eigenvalue weighted by Gasteiger charge is -2.21. The van der Waals surface area contributed by atoms with Crippen molar-refractivity contribution in [1.29, 1.82) is 0 Å². The number of carbonyl (C=O) groups excluding carboxylic acids is 2. The highest BCUT2D eigenvalue weighted by Crippen LogP contribution is 2.33. The number of aromatic nitrogens is 3. The Balaban J connectivity index is 1.69. The molecule has 10 heteroatoms. The Labute approximate surface area is 209 Å². The molecule has 0 bridgehead atoms. The van der Waals surface area contributed by atoms with Crippen LogP contribution in [0.25, 0.3) is 5.82 Å². The Bertz CT molecular complexity index is 1120. The number of amides is 1. The number of esters is 1. The summed E-state index contributed by atoms with van der Waals surface area (Å²) >= 11 is 1.58. The number of anilines is 1. The number of carbonyl (C=O) groups is 2. The maximum absolute atomic E-state index is 11.5. The highest BCUT2D eigenvalue weighted by molar-refractivity contribution is 7.98. The number of ether oxygens (including phenoxy) is 3. The Hall–Kier alpha value is -3.21. The van der Waals surface area contributed by atoms with E-state index < -0.39 is 0 Å². The highest BCUT2D eigenvalue weighted by Gasteiger charge is 2.17. The summed E-state index contributed by atoms with van der Waals surface area (Å²) in [6.07, 6.45) is 6.33. The van der Waals surface area contributed by atoms with E-state index >= 15 is 0 Å². The number of nitrogens with zero attached hydrogens (tertiary/aromatic N) is 4. The lowest BCUT2D eigenvalue weighted by molar-refractivity contribution is -0.148. The first-order valence-corrected chi connectivity index (χ1v) is 12.4. The normalized spacial score (nSPS) is 11.8. The van der Waals surface area contributed by atoms with Crippen molar-refractivity contribution in [1.82, 2.24) is 14.8 Å². The van der Waals surface area contributed by atoms with Crippen molar-refractivity contribution in [2.45, 2.75) is 31.3 Å². The first-order chi connectivity index (χ1) is 17.0. The minimum absolute atomic E-state index is 0.0406. The molecule has 1 atom stereocenters. The fourth-order valence-corrected chi connectivity index (χ4v) is 4.10. The van der Waals surface area contributed by atoms with Gasteiger partial charge in [0.05, 0.1) is 24.6 Å². The van der Waals surface area contributed by atoms with Crippen LogP contribution >= 0.6 is 11.8 Å². The van der Waals surface area contributed by atoms with Crippen LogP contribution in [0.4, 0.5) is 5.69 Å². The monoisotopic (exact) mass is 498 g/mol. The fourth-order valence-electron chi connectivity index (χ4n) is 3.46. The average molecular weight is 499 g/mol. The van der Waals surface area contributed by atoms with Gasteiger partial charge in [0.1, 0.15) is 13.3 Å². The molecule has 0 aliphatic carbocycles. The van der Waals surface area contributed by atoms with Gasteiger partial charge in [-0.15, -0.1) is 11.8 Å². The van der Waals surface area contributed by atoms with Crippen LogP contribution in [0.15, 0.2) is 53.7 Å². The predicted molar refractivity (Wildman–Crippen MR) is 134 cm³/mol. The standard InChI is InChI=1S/C25H30N4O5S/c1-5-34-25(31)15-33-14-19-6-9-24(26-13-19)29-11-10-21(27-29)18(2)20-7-8-22(23(12-20)35-4)28(16-30)17-32-3/h6-13,16,18H,5,14-15,17H2,1-4H3. The molecule has 3 aromatic rings. The molecular weight excluding hydrogens is 468 g/mol. The van der Waals surface area contributed by atoms with E-state index in [1.54, 1.807) is 36.7 Å². The van der Waals surface area contributed by atoms with Crippen molar-refractivity contribution in [2.75, 3.05) is 38.2 Å². The van der Waals surface area contributed by atoms with Gasteiger partial charge >= 0.3 is 5.97 Å². The van der Waals surface area contributed by atoms with Crippen LogP contribution in [0.5, 0.6) is 0 Å². The number of rotatable bonds is 13. The molecule has 0 aliphatic heterocycles. The molecule has 1 aromatic carbocycles. The number of methoxy groups -OCH3 is 1. The zero-order chi connectivity index (χ0) is 25.2. The Kier molecular flexibility index (Phi) is 9.83. The van der Waals surface area contributed by atoms with E-state index in [9.17, 15) is 9.59 Å². The van der Waals surface area contributed by atoms with E-state index in [2.05, 4.69) is 18.0 Å². The van der Waals surface area contributed by atoms with Gasteiger partial charge in [-0.3, -0.25) is 9.69 Å². The highest BCUT2D eigenvalue weighted by atomic mass is 32.2. The van der Waals surface area contributed by atoms with Gasteiger partial charge in [-0.2, -0.15) is 5.10 Å². The van der Waals surface area contributed by atoms with Gasteiger partial charge in [0, 0.05) is 30.3 Å². The van der Waals surface area contributed by atoms with Crippen LogP contribution in [0.1, 0.15) is 36.6 Å². The van der Waals surface area contributed by atoms with Crippen LogP contribution in [0.3, 0.4) is 0 Å². The van der Waals surface area contributed by atoms with Crippen molar-refractivity contribution in [3.05, 3.63) is 65.6 Å². The van der Waals surface area contributed by atoms with Crippen LogP contribution in [0.2, 0.25) is 0 Å². The number of benzene rings is 1.